The molecule has 0 spiro atoms. The van der Waals surface area contributed by atoms with E-state index in [1.54, 1.807) is 12.1 Å². The Kier molecular flexibility index (Phi) is 10.3. The van der Waals surface area contributed by atoms with Crippen molar-refractivity contribution in [3.63, 3.8) is 0 Å². The number of nitrogens with one attached hydrogen (secondary N) is 1. The Morgan fingerprint density at radius 1 is 0.814 bits per heavy atom. The predicted octanol–water partition coefficient (Wildman–Crippen LogP) is 5.85. The van der Waals surface area contributed by atoms with Crippen molar-refractivity contribution in [2.45, 2.75) is 44.7 Å². The van der Waals surface area contributed by atoms with Crippen LogP contribution in [0.4, 0.5) is 5.69 Å². The van der Waals surface area contributed by atoms with Gasteiger partial charge < -0.3 is 10.2 Å². The number of likely N-dealkylation sites (N-methyl/N-ethyl adjacent to an activating group) is 1. The maximum absolute atomic E-state index is 14.4. The van der Waals surface area contributed by atoms with Crippen molar-refractivity contribution in [2.75, 3.05) is 17.9 Å². The standard InChI is InChI=1S/C34H36ClN3O4S/c1-24-10-13-28(14-11-24)22-37(32(34(40)36-4)21-27-8-6-5-7-9-27)33(39)23-38(30-17-12-25(2)26(3)20-30)43(41,42)31-18-15-29(35)16-19-31/h5-20,32H,21-23H2,1-4H3,(H,36,40)/t32-/m1/s1. The molecule has 1 N–H and O–H groups in total. The van der Waals surface area contributed by atoms with E-state index in [-0.39, 0.29) is 23.8 Å². The minimum atomic E-state index is -4.19. The summed E-state index contributed by atoms with van der Waals surface area (Å²) in [5.74, 6) is -0.858. The Labute approximate surface area is 259 Å². The van der Waals surface area contributed by atoms with E-state index in [1.165, 1.54) is 36.2 Å². The van der Waals surface area contributed by atoms with Crippen molar-refractivity contribution in [2.24, 2.45) is 0 Å². The van der Waals surface area contributed by atoms with Crippen LogP contribution in [0.1, 0.15) is 27.8 Å². The summed E-state index contributed by atoms with van der Waals surface area (Å²) < 4.78 is 29.3. The van der Waals surface area contributed by atoms with E-state index < -0.39 is 28.5 Å². The van der Waals surface area contributed by atoms with Gasteiger partial charge in [-0.15, -0.1) is 0 Å². The lowest BCUT2D eigenvalue weighted by Gasteiger charge is -2.33. The fourth-order valence-corrected chi connectivity index (χ4v) is 6.29. The Bertz CT molecular complexity index is 1680. The SMILES string of the molecule is CNC(=O)[C@@H](Cc1ccccc1)N(Cc1ccc(C)cc1)C(=O)CN(c1ccc(C)c(C)c1)S(=O)(=O)c1ccc(Cl)cc1. The van der Waals surface area contributed by atoms with Gasteiger partial charge in [0.2, 0.25) is 11.8 Å². The van der Waals surface area contributed by atoms with Crippen LogP contribution in [0.15, 0.2) is 102 Å². The molecule has 4 aromatic carbocycles. The fraction of sp³-hybridized carbons (Fsp3) is 0.235. The summed E-state index contributed by atoms with van der Waals surface area (Å²) in [6.07, 6.45) is 0.256. The lowest BCUT2D eigenvalue weighted by Crippen LogP contribution is -2.53. The molecule has 0 aliphatic heterocycles. The monoisotopic (exact) mass is 617 g/mol. The zero-order valence-corrected chi connectivity index (χ0v) is 26.3. The summed E-state index contributed by atoms with van der Waals surface area (Å²) in [5, 5.41) is 3.09. The number of carbonyl (C=O) groups is 2. The number of sulfonamides is 1. The van der Waals surface area contributed by atoms with Gasteiger partial charge in [-0.1, -0.05) is 77.8 Å². The highest BCUT2D eigenvalue weighted by Gasteiger charge is 2.34. The van der Waals surface area contributed by atoms with Gasteiger partial charge >= 0.3 is 0 Å². The first kappa shape index (κ1) is 31.8. The Balaban J connectivity index is 1.80. The molecule has 2 amide bonds. The number of halogens is 1. The molecular formula is C34H36ClN3O4S. The Hall–Kier alpha value is -4.14. The minimum Gasteiger partial charge on any atom is -0.357 e. The van der Waals surface area contributed by atoms with Crippen molar-refractivity contribution >= 4 is 39.1 Å². The normalized spacial score (nSPS) is 11.9. The molecule has 7 nitrogen and oxygen atoms in total. The van der Waals surface area contributed by atoms with E-state index in [9.17, 15) is 18.0 Å². The molecule has 0 bridgehead atoms. The maximum Gasteiger partial charge on any atom is 0.264 e. The van der Waals surface area contributed by atoms with Crippen LogP contribution in [0.3, 0.4) is 0 Å². The first-order chi connectivity index (χ1) is 20.5. The fourth-order valence-electron chi connectivity index (χ4n) is 4.75. The number of rotatable bonds is 11. The number of hydrogen-bond acceptors (Lipinski definition) is 4. The third-order valence-electron chi connectivity index (χ3n) is 7.45. The predicted molar refractivity (Wildman–Crippen MR) is 172 cm³/mol. The average Bonchev–Trinajstić information content (AvgIpc) is 3.00. The largest absolute Gasteiger partial charge is 0.357 e. The zero-order chi connectivity index (χ0) is 31.1. The van der Waals surface area contributed by atoms with Crippen LogP contribution in [-0.2, 0) is 32.6 Å². The quantitative estimate of drug-likeness (QED) is 0.229. The third-order valence-corrected chi connectivity index (χ3v) is 9.49. The molecule has 4 rings (SSSR count). The maximum atomic E-state index is 14.4. The van der Waals surface area contributed by atoms with Gasteiger partial charge in [-0.2, -0.15) is 0 Å². The lowest BCUT2D eigenvalue weighted by molar-refractivity contribution is -0.139. The second kappa shape index (κ2) is 13.9. The van der Waals surface area contributed by atoms with Gasteiger partial charge in [0, 0.05) is 25.0 Å². The molecular weight excluding hydrogens is 582 g/mol. The third kappa shape index (κ3) is 7.83. The van der Waals surface area contributed by atoms with E-state index in [1.807, 2.05) is 81.4 Å². The van der Waals surface area contributed by atoms with Gasteiger partial charge in [-0.25, -0.2) is 8.42 Å². The molecule has 0 aromatic heterocycles. The molecule has 9 heteroatoms. The van der Waals surface area contributed by atoms with Gasteiger partial charge in [0.1, 0.15) is 12.6 Å². The van der Waals surface area contributed by atoms with Crippen LogP contribution < -0.4 is 9.62 Å². The van der Waals surface area contributed by atoms with Crippen LogP contribution >= 0.6 is 11.6 Å². The van der Waals surface area contributed by atoms with Crippen LogP contribution in [0.2, 0.25) is 5.02 Å². The summed E-state index contributed by atoms with van der Waals surface area (Å²) in [7, 11) is -2.66. The number of anilines is 1. The number of benzene rings is 4. The number of amides is 2. The van der Waals surface area contributed by atoms with Gasteiger partial charge in [0.15, 0.2) is 0 Å². The van der Waals surface area contributed by atoms with Crippen LogP contribution in [0.25, 0.3) is 0 Å². The van der Waals surface area contributed by atoms with Crippen LogP contribution in [0, 0.1) is 20.8 Å². The van der Waals surface area contributed by atoms with Gasteiger partial charge in [0.25, 0.3) is 10.0 Å². The topological polar surface area (TPSA) is 86.8 Å². The summed E-state index contributed by atoms with van der Waals surface area (Å²) in [4.78, 5) is 29.2. The van der Waals surface area contributed by atoms with Gasteiger partial charge in [0.05, 0.1) is 10.6 Å². The van der Waals surface area contributed by atoms with Crippen molar-refractivity contribution in [3.05, 3.63) is 130 Å². The second-order valence-corrected chi connectivity index (χ2v) is 12.9. The van der Waals surface area contributed by atoms with Crippen molar-refractivity contribution in [1.82, 2.24) is 10.2 Å². The molecule has 224 valence electrons. The number of hydrogen-bond donors (Lipinski definition) is 1. The summed E-state index contributed by atoms with van der Waals surface area (Å²) in [6.45, 7) is 5.40. The molecule has 0 fully saturated rings. The molecule has 0 heterocycles. The van der Waals surface area contributed by atoms with Gasteiger partial charge in [-0.3, -0.25) is 13.9 Å². The molecule has 0 unspecified atom stereocenters. The molecule has 0 aliphatic rings. The summed E-state index contributed by atoms with van der Waals surface area (Å²) in [6, 6.07) is 27.4. The first-order valence-corrected chi connectivity index (χ1v) is 15.8. The van der Waals surface area contributed by atoms with E-state index >= 15 is 0 Å². The molecule has 0 radical (unpaired) electrons. The number of nitrogens with zero attached hydrogens (tertiary/aromatic N) is 2. The molecule has 4 aromatic rings. The van der Waals surface area contributed by atoms with Crippen molar-refractivity contribution in [1.29, 1.82) is 0 Å². The van der Waals surface area contributed by atoms with Crippen molar-refractivity contribution < 1.29 is 18.0 Å². The second-order valence-electron chi connectivity index (χ2n) is 10.6. The number of aryl methyl sites for hydroxylation is 3. The highest BCUT2D eigenvalue weighted by molar-refractivity contribution is 7.92. The zero-order valence-electron chi connectivity index (χ0n) is 24.7. The number of carbonyl (C=O) groups excluding carboxylic acids is 2. The van der Waals surface area contributed by atoms with Crippen molar-refractivity contribution in [3.8, 4) is 0 Å². The Morgan fingerprint density at radius 2 is 1.47 bits per heavy atom. The average molecular weight is 618 g/mol. The minimum absolute atomic E-state index is 0.000138. The summed E-state index contributed by atoms with van der Waals surface area (Å²) >= 11 is 6.05. The molecule has 43 heavy (non-hydrogen) atoms. The van der Waals surface area contributed by atoms with E-state index in [4.69, 9.17) is 11.6 Å². The molecule has 0 saturated carbocycles. The lowest BCUT2D eigenvalue weighted by atomic mass is 10.0. The summed E-state index contributed by atoms with van der Waals surface area (Å²) in [5.41, 5.74) is 4.97. The molecule has 0 aliphatic carbocycles. The van der Waals surface area contributed by atoms with Crippen LogP contribution in [-0.4, -0.2) is 44.8 Å². The van der Waals surface area contributed by atoms with Gasteiger partial charge in [-0.05, 0) is 79.4 Å². The highest BCUT2D eigenvalue weighted by atomic mass is 35.5. The van der Waals surface area contributed by atoms with Crippen LogP contribution in [0.5, 0.6) is 0 Å². The first-order valence-electron chi connectivity index (χ1n) is 14.0. The smallest absolute Gasteiger partial charge is 0.264 e. The van der Waals surface area contributed by atoms with E-state index in [0.717, 1.165) is 32.1 Å². The Morgan fingerprint density at radius 3 is 2.07 bits per heavy atom. The molecule has 1 atom stereocenters. The van der Waals surface area contributed by atoms with E-state index in [2.05, 4.69) is 5.32 Å². The molecule has 0 saturated heterocycles. The highest BCUT2D eigenvalue weighted by Crippen LogP contribution is 2.27. The van der Waals surface area contributed by atoms with E-state index in [0.29, 0.717) is 10.7 Å².